The Hall–Kier alpha value is -6.86. The Kier molecular flexibility index (Phi) is 8.12. The van der Waals surface area contributed by atoms with Crippen LogP contribution in [0.3, 0.4) is 0 Å². The van der Waals surface area contributed by atoms with Crippen LogP contribution in [0.2, 0.25) is 0 Å². The maximum atomic E-state index is 14.2. The molecule has 0 N–H and O–H groups in total. The minimum absolute atomic E-state index is 0.352. The molecule has 0 aliphatic rings. The Labute approximate surface area is 309 Å². The van der Waals surface area contributed by atoms with Gasteiger partial charge in [0.2, 0.25) is 0 Å². The molecule has 0 saturated heterocycles. The number of para-hydroxylation sites is 1. The molecule has 2 aromatic heterocycles. The van der Waals surface area contributed by atoms with E-state index in [0.29, 0.717) is 34.2 Å². The normalized spacial score (nSPS) is 11.7. The number of rotatable bonds is 6. The van der Waals surface area contributed by atoms with Crippen LogP contribution in [0.25, 0.3) is 83.9 Å². The molecule has 0 fully saturated rings. The number of fused-ring (bicyclic) bond motifs is 3. The summed E-state index contributed by atoms with van der Waals surface area (Å²) in [7, 11) is 0. The average molecular weight is 709 g/mol. The lowest BCUT2D eigenvalue weighted by atomic mass is 9.96. The van der Waals surface area contributed by atoms with Crippen molar-refractivity contribution >= 4 is 21.8 Å². The third-order valence-corrected chi connectivity index (χ3v) is 9.76. The molecule has 0 amide bonds. The standard InChI is InChI=1S/C47H31F3N4/c1-30-19-21-31(22-20-30)34-23-25-39-38-17-8-9-18-42(38)54(43(39)28-34)37-24-26-40(41(29-37)35-15-10-16-36(27-35)47(48,49)50)46-52-44(32-11-4-2-5-12-32)51-45(53-46)33-13-6-3-7-14-33/h2-29H,1H3. The Morgan fingerprint density at radius 3 is 1.70 bits per heavy atom. The maximum Gasteiger partial charge on any atom is 0.416 e. The van der Waals surface area contributed by atoms with Crippen molar-refractivity contribution in [1.82, 2.24) is 19.5 Å². The Balaban J connectivity index is 1.31. The van der Waals surface area contributed by atoms with Crippen LogP contribution in [0.5, 0.6) is 0 Å². The first-order valence-electron chi connectivity index (χ1n) is 17.6. The number of hydrogen-bond acceptors (Lipinski definition) is 3. The molecule has 0 atom stereocenters. The van der Waals surface area contributed by atoms with Gasteiger partial charge in [0.25, 0.3) is 0 Å². The fourth-order valence-electron chi connectivity index (χ4n) is 7.07. The summed E-state index contributed by atoms with van der Waals surface area (Å²) in [5, 5.41) is 2.15. The summed E-state index contributed by atoms with van der Waals surface area (Å²) in [5.74, 6) is 1.28. The second-order valence-corrected chi connectivity index (χ2v) is 13.3. The number of aryl methyl sites for hydroxylation is 1. The van der Waals surface area contributed by atoms with Gasteiger partial charge < -0.3 is 4.57 Å². The SMILES string of the molecule is Cc1ccc(-c2ccc3c4ccccc4n(-c4ccc(-c5nc(-c6ccccc6)nc(-c6ccccc6)n5)c(-c5cccc(C(F)(F)F)c5)c4)c3c2)cc1. The second-order valence-electron chi connectivity index (χ2n) is 13.3. The zero-order valence-corrected chi connectivity index (χ0v) is 29.1. The van der Waals surface area contributed by atoms with Crippen LogP contribution in [0.15, 0.2) is 170 Å². The molecule has 7 aromatic carbocycles. The van der Waals surface area contributed by atoms with E-state index in [1.54, 1.807) is 6.07 Å². The molecule has 2 heterocycles. The largest absolute Gasteiger partial charge is 0.416 e. The molecule has 0 aliphatic heterocycles. The van der Waals surface area contributed by atoms with Gasteiger partial charge in [-0.3, -0.25) is 0 Å². The highest BCUT2D eigenvalue weighted by atomic mass is 19.4. The van der Waals surface area contributed by atoms with Crippen molar-refractivity contribution in [2.45, 2.75) is 13.1 Å². The first-order valence-corrected chi connectivity index (χ1v) is 17.6. The van der Waals surface area contributed by atoms with Gasteiger partial charge >= 0.3 is 6.18 Å². The highest BCUT2D eigenvalue weighted by Crippen LogP contribution is 2.40. The Bertz CT molecular complexity index is 2750. The molecule has 7 heteroatoms. The number of aromatic nitrogens is 4. The van der Waals surface area contributed by atoms with Gasteiger partial charge in [-0.15, -0.1) is 0 Å². The van der Waals surface area contributed by atoms with Gasteiger partial charge in [-0.2, -0.15) is 13.2 Å². The maximum absolute atomic E-state index is 14.2. The predicted molar refractivity (Wildman–Crippen MR) is 211 cm³/mol. The number of alkyl halides is 3. The van der Waals surface area contributed by atoms with Gasteiger partial charge in [-0.25, -0.2) is 15.0 Å². The van der Waals surface area contributed by atoms with Crippen molar-refractivity contribution in [3.05, 3.63) is 181 Å². The molecule has 9 rings (SSSR count). The molecule has 0 unspecified atom stereocenters. The van der Waals surface area contributed by atoms with Crippen molar-refractivity contribution in [1.29, 1.82) is 0 Å². The third-order valence-electron chi connectivity index (χ3n) is 9.76. The highest BCUT2D eigenvalue weighted by Gasteiger charge is 2.31. The van der Waals surface area contributed by atoms with Crippen LogP contribution in [0, 0.1) is 6.92 Å². The van der Waals surface area contributed by atoms with Gasteiger partial charge in [-0.05, 0) is 71.6 Å². The summed E-state index contributed by atoms with van der Waals surface area (Å²) in [5.41, 5.74) is 8.48. The van der Waals surface area contributed by atoms with Gasteiger partial charge in [0.05, 0.1) is 16.6 Å². The van der Waals surface area contributed by atoms with Crippen molar-refractivity contribution < 1.29 is 13.2 Å². The van der Waals surface area contributed by atoms with Crippen LogP contribution < -0.4 is 0 Å². The number of nitrogens with zero attached hydrogens (tertiary/aromatic N) is 4. The second kappa shape index (κ2) is 13.3. The number of benzene rings is 7. The zero-order valence-electron chi connectivity index (χ0n) is 29.1. The fraction of sp³-hybridized carbons (Fsp3) is 0.0426. The highest BCUT2D eigenvalue weighted by molar-refractivity contribution is 6.10. The van der Waals surface area contributed by atoms with E-state index in [-0.39, 0.29) is 0 Å². The van der Waals surface area contributed by atoms with Gasteiger partial charge in [0, 0.05) is 33.2 Å². The molecular formula is C47H31F3N4. The molecule has 0 bridgehead atoms. The van der Waals surface area contributed by atoms with E-state index < -0.39 is 11.7 Å². The summed E-state index contributed by atoms with van der Waals surface area (Å²) in [6, 6.07) is 53.6. The van der Waals surface area contributed by atoms with Crippen LogP contribution in [-0.2, 0) is 6.18 Å². The average Bonchev–Trinajstić information content (AvgIpc) is 3.55. The van der Waals surface area contributed by atoms with Crippen LogP contribution in [-0.4, -0.2) is 19.5 Å². The summed E-state index contributed by atoms with van der Waals surface area (Å²) < 4.78 is 44.8. The Morgan fingerprint density at radius 2 is 1.02 bits per heavy atom. The molecule has 54 heavy (non-hydrogen) atoms. The molecule has 0 aliphatic carbocycles. The van der Waals surface area contributed by atoms with Crippen molar-refractivity contribution in [3.8, 4) is 62.1 Å². The summed E-state index contributed by atoms with van der Waals surface area (Å²) >= 11 is 0. The molecule has 0 spiro atoms. The molecule has 260 valence electrons. The lowest BCUT2D eigenvalue weighted by molar-refractivity contribution is -0.137. The minimum atomic E-state index is -4.53. The molecule has 0 saturated carbocycles. The zero-order chi connectivity index (χ0) is 36.8. The summed E-state index contributed by atoms with van der Waals surface area (Å²) in [6.45, 7) is 2.07. The van der Waals surface area contributed by atoms with E-state index in [2.05, 4.69) is 66.1 Å². The lowest BCUT2D eigenvalue weighted by Crippen LogP contribution is -2.05. The minimum Gasteiger partial charge on any atom is -0.309 e. The topological polar surface area (TPSA) is 43.6 Å². The molecular weight excluding hydrogens is 678 g/mol. The van der Waals surface area contributed by atoms with Crippen molar-refractivity contribution in [3.63, 3.8) is 0 Å². The summed E-state index contributed by atoms with van der Waals surface area (Å²) in [6.07, 6.45) is -4.53. The number of halogens is 3. The van der Waals surface area contributed by atoms with Crippen LogP contribution >= 0.6 is 0 Å². The molecule has 0 radical (unpaired) electrons. The van der Waals surface area contributed by atoms with Crippen LogP contribution in [0.4, 0.5) is 13.2 Å². The van der Waals surface area contributed by atoms with Crippen molar-refractivity contribution in [2.75, 3.05) is 0 Å². The summed E-state index contributed by atoms with van der Waals surface area (Å²) in [4.78, 5) is 14.7. The van der Waals surface area contributed by atoms with Crippen LogP contribution in [0.1, 0.15) is 11.1 Å². The van der Waals surface area contributed by atoms with Crippen molar-refractivity contribution in [2.24, 2.45) is 0 Å². The van der Waals surface area contributed by atoms with E-state index in [9.17, 15) is 13.2 Å². The van der Waals surface area contributed by atoms with E-state index in [1.165, 1.54) is 17.7 Å². The lowest BCUT2D eigenvalue weighted by Gasteiger charge is -2.16. The monoisotopic (exact) mass is 708 g/mol. The smallest absolute Gasteiger partial charge is 0.309 e. The van der Waals surface area contributed by atoms with E-state index in [4.69, 9.17) is 15.0 Å². The third kappa shape index (κ3) is 6.09. The van der Waals surface area contributed by atoms with Gasteiger partial charge in [-0.1, -0.05) is 133 Å². The quantitative estimate of drug-likeness (QED) is 0.173. The van der Waals surface area contributed by atoms with E-state index >= 15 is 0 Å². The van der Waals surface area contributed by atoms with Gasteiger partial charge in [0.15, 0.2) is 17.5 Å². The number of hydrogen-bond donors (Lipinski definition) is 0. The predicted octanol–water partition coefficient (Wildman–Crippen LogP) is 12.6. The molecule has 9 aromatic rings. The first kappa shape index (κ1) is 33.0. The molecule has 4 nitrogen and oxygen atoms in total. The van der Waals surface area contributed by atoms with Gasteiger partial charge in [0.1, 0.15) is 0 Å². The van der Waals surface area contributed by atoms with E-state index in [1.807, 2.05) is 91.0 Å². The fourth-order valence-corrected chi connectivity index (χ4v) is 7.07. The Morgan fingerprint density at radius 1 is 0.426 bits per heavy atom. The van der Waals surface area contributed by atoms with E-state index in [0.717, 1.165) is 55.8 Å². The first-order chi connectivity index (χ1) is 26.3.